The molecule has 0 aliphatic carbocycles. The first-order chi connectivity index (χ1) is 13.2. The molecule has 3 unspecified atom stereocenters. The summed E-state index contributed by atoms with van der Waals surface area (Å²) in [7, 11) is 0. The third-order valence-corrected chi connectivity index (χ3v) is 5.55. The topological polar surface area (TPSA) is 52.5 Å². The summed E-state index contributed by atoms with van der Waals surface area (Å²) in [6.07, 6.45) is -7.64. The second-order valence-corrected chi connectivity index (χ2v) is 8.00. The van der Waals surface area contributed by atoms with Gasteiger partial charge in [-0.3, -0.25) is 0 Å². The second kappa shape index (κ2) is 7.64. The lowest BCUT2D eigenvalue weighted by atomic mass is 9.80. The average molecular weight is 454 g/mol. The van der Waals surface area contributed by atoms with Gasteiger partial charge >= 0.3 is 6.18 Å². The first kappa shape index (κ1) is 20.5. The fourth-order valence-corrected chi connectivity index (χ4v) is 4.05. The van der Waals surface area contributed by atoms with Crippen molar-refractivity contribution >= 4 is 32.4 Å². The number of phenolic OH excluding ortho intramolecular Hbond substituents is 1. The van der Waals surface area contributed by atoms with Gasteiger partial charge in [-0.25, -0.2) is 0 Å². The Hall–Kier alpha value is -2.25. The smallest absolute Gasteiger partial charge is 0.417 e. The number of phenols is 1. The van der Waals surface area contributed by atoms with Crippen LogP contribution in [0.15, 0.2) is 66.7 Å². The number of aliphatic hydroxyl groups excluding tert-OH is 1. The molecule has 3 aromatic carbocycles. The van der Waals surface area contributed by atoms with E-state index in [4.69, 9.17) is 0 Å². The van der Waals surface area contributed by atoms with E-state index in [1.807, 2.05) is 18.2 Å². The van der Waals surface area contributed by atoms with Crippen molar-refractivity contribution in [1.82, 2.24) is 0 Å². The highest BCUT2D eigenvalue weighted by molar-refractivity contribution is 9.09. The van der Waals surface area contributed by atoms with Crippen molar-refractivity contribution in [3.8, 4) is 5.75 Å². The predicted molar refractivity (Wildman–Crippen MR) is 108 cm³/mol. The van der Waals surface area contributed by atoms with Crippen molar-refractivity contribution in [1.29, 1.82) is 0 Å². The summed E-state index contributed by atoms with van der Waals surface area (Å²) >= 11 is 3.27. The number of hydrogen-bond acceptors (Lipinski definition) is 3. The van der Waals surface area contributed by atoms with E-state index in [0.717, 1.165) is 10.8 Å². The van der Waals surface area contributed by atoms with Crippen LogP contribution in [0.1, 0.15) is 12.5 Å². The molecule has 0 heterocycles. The Bertz CT molecular complexity index is 972. The van der Waals surface area contributed by atoms with Crippen LogP contribution in [0.4, 0.5) is 18.9 Å². The summed E-state index contributed by atoms with van der Waals surface area (Å²) in [6, 6.07) is 18.0. The molecule has 0 bridgehead atoms. The van der Waals surface area contributed by atoms with Crippen LogP contribution in [-0.2, 0) is 5.54 Å². The number of aromatic hydroxyl groups is 1. The number of halogens is 4. The highest BCUT2D eigenvalue weighted by atomic mass is 79.9. The Morgan fingerprint density at radius 3 is 2.25 bits per heavy atom. The Kier molecular flexibility index (Phi) is 5.59. The maximum atomic E-state index is 13.7. The molecule has 0 saturated heterocycles. The molecule has 0 spiro atoms. The quantitative estimate of drug-likeness (QED) is 0.443. The second-order valence-electron chi connectivity index (χ2n) is 6.63. The Morgan fingerprint density at radius 2 is 1.61 bits per heavy atom. The maximum Gasteiger partial charge on any atom is 0.417 e. The van der Waals surface area contributed by atoms with Gasteiger partial charge in [-0.15, -0.1) is 0 Å². The predicted octanol–water partition coefficient (Wildman–Crippen LogP) is 5.56. The van der Waals surface area contributed by atoms with E-state index in [1.165, 1.54) is 31.2 Å². The van der Waals surface area contributed by atoms with Crippen LogP contribution in [0.5, 0.6) is 5.75 Å². The summed E-state index contributed by atoms with van der Waals surface area (Å²) in [5.74, 6) is -0.191. The molecular weight excluding hydrogens is 435 g/mol. The largest absolute Gasteiger partial charge is 0.508 e. The molecule has 0 radical (unpaired) electrons. The monoisotopic (exact) mass is 453 g/mol. The van der Waals surface area contributed by atoms with Gasteiger partial charge in [0.1, 0.15) is 11.3 Å². The van der Waals surface area contributed by atoms with E-state index < -0.39 is 22.6 Å². The summed E-state index contributed by atoms with van der Waals surface area (Å²) in [4.78, 5) is -0.850. The van der Waals surface area contributed by atoms with Crippen LogP contribution in [-0.4, -0.2) is 27.3 Å². The standard InChI is InChI=1S/C21H19BrF3NO2/c1-13(22)20(19(28)21(23,24)25,15-8-5-9-16(27)12-15)26-18-11-4-7-14-6-2-3-10-17(14)18/h2-13,19,26-28H,1H3. The molecule has 28 heavy (non-hydrogen) atoms. The van der Waals surface area contributed by atoms with Crippen LogP contribution in [0.25, 0.3) is 10.8 Å². The molecule has 3 aromatic rings. The van der Waals surface area contributed by atoms with Crippen LogP contribution in [0, 0.1) is 0 Å². The van der Waals surface area contributed by atoms with E-state index in [-0.39, 0.29) is 11.3 Å². The number of alkyl halides is 4. The molecule has 0 aliphatic heterocycles. The molecule has 0 saturated carbocycles. The van der Waals surface area contributed by atoms with Gasteiger partial charge in [0.05, 0.1) is 0 Å². The number of aliphatic hydroxyl groups is 1. The van der Waals surface area contributed by atoms with Gasteiger partial charge < -0.3 is 15.5 Å². The zero-order chi connectivity index (χ0) is 20.5. The van der Waals surface area contributed by atoms with Crippen molar-refractivity contribution < 1.29 is 23.4 Å². The van der Waals surface area contributed by atoms with Crippen molar-refractivity contribution in [2.75, 3.05) is 5.32 Å². The SMILES string of the molecule is CC(Br)C(Nc1cccc2ccccc12)(c1cccc(O)c1)C(O)C(F)(F)F. The van der Waals surface area contributed by atoms with Crippen molar-refractivity contribution in [2.45, 2.75) is 29.6 Å². The fourth-order valence-electron chi connectivity index (χ4n) is 3.42. The lowest BCUT2D eigenvalue weighted by molar-refractivity contribution is -0.221. The number of benzene rings is 3. The van der Waals surface area contributed by atoms with Crippen LogP contribution in [0.2, 0.25) is 0 Å². The van der Waals surface area contributed by atoms with E-state index >= 15 is 0 Å². The maximum absolute atomic E-state index is 13.7. The number of hydrogen-bond donors (Lipinski definition) is 3. The summed E-state index contributed by atoms with van der Waals surface area (Å²) in [6.45, 7) is 1.52. The highest BCUT2D eigenvalue weighted by Crippen LogP contribution is 2.44. The number of anilines is 1. The molecule has 0 aromatic heterocycles. The molecular formula is C21H19BrF3NO2. The Balaban J connectivity index is 2.26. The first-order valence-corrected chi connectivity index (χ1v) is 9.52. The lowest BCUT2D eigenvalue weighted by Gasteiger charge is -2.43. The molecule has 0 amide bonds. The van der Waals surface area contributed by atoms with Gasteiger partial charge in [-0.1, -0.05) is 64.5 Å². The van der Waals surface area contributed by atoms with E-state index in [2.05, 4.69) is 21.2 Å². The number of nitrogens with one attached hydrogen (secondary N) is 1. The Morgan fingerprint density at radius 1 is 0.964 bits per heavy atom. The normalized spacial score (nSPS) is 16.4. The van der Waals surface area contributed by atoms with Crippen molar-refractivity contribution in [3.05, 3.63) is 72.3 Å². The summed E-state index contributed by atoms with van der Waals surface area (Å²) in [5, 5.41) is 24.8. The van der Waals surface area contributed by atoms with Gasteiger partial charge in [-0.2, -0.15) is 13.2 Å². The summed E-state index contributed by atoms with van der Waals surface area (Å²) in [5.41, 5.74) is -1.44. The Labute approximate surface area is 168 Å². The van der Waals surface area contributed by atoms with Gasteiger partial charge in [0.15, 0.2) is 6.10 Å². The number of rotatable bonds is 5. The van der Waals surface area contributed by atoms with E-state index in [1.54, 1.807) is 24.3 Å². The molecule has 3 atom stereocenters. The zero-order valence-electron chi connectivity index (χ0n) is 14.9. The van der Waals surface area contributed by atoms with Crippen LogP contribution in [0.3, 0.4) is 0 Å². The van der Waals surface area contributed by atoms with Gasteiger partial charge in [0, 0.05) is 15.9 Å². The molecule has 148 valence electrons. The van der Waals surface area contributed by atoms with Gasteiger partial charge in [0.25, 0.3) is 0 Å². The minimum absolute atomic E-state index is 0.106. The highest BCUT2D eigenvalue weighted by Gasteiger charge is 2.56. The third kappa shape index (κ3) is 3.69. The molecule has 3 rings (SSSR count). The van der Waals surface area contributed by atoms with Crippen molar-refractivity contribution in [2.24, 2.45) is 0 Å². The van der Waals surface area contributed by atoms with E-state index in [0.29, 0.717) is 5.69 Å². The lowest BCUT2D eigenvalue weighted by Crippen LogP contribution is -2.58. The third-order valence-electron chi connectivity index (χ3n) is 4.82. The molecule has 3 nitrogen and oxygen atoms in total. The minimum Gasteiger partial charge on any atom is -0.508 e. The summed E-state index contributed by atoms with van der Waals surface area (Å²) < 4.78 is 41.2. The fraction of sp³-hybridized carbons (Fsp3) is 0.238. The van der Waals surface area contributed by atoms with Gasteiger partial charge in [-0.05, 0) is 36.1 Å². The average Bonchev–Trinajstić information content (AvgIpc) is 2.64. The molecule has 7 heteroatoms. The van der Waals surface area contributed by atoms with Crippen LogP contribution >= 0.6 is 15.9 Å². The number of fused-ring (bicyclic) bond motifs is 1. The van der Waals surface area contributed by atoms with Gasteiger partial charge in [0.2, 0.25) is 0 Å². The van der Waals surface area contributed by atoms with E-state index in [9.17, 15) is 23.4 Å². The van der Waals surface area contributed by atoms with Crippen LogP contribution < -0.4 is 5.32 Å². The molecule has 0 fully saturated rings. The molecule has 0 aliphatic rings. The first-order valence-electron chi connectivity index (χ1n) is 8.60. The minimum atomic E-state index is -4.90. The zero-order valence-corrected chi connectivity index (χ0v) is 16.5. The molecule has 3 N–H and O–H groups in total. The van der Waals surface area contributed by atoms with Crippen molar-refractivity contribution in [3.63, 3.8) is 0 Å².